The molecule has 0 saturated carbocycles. The molecular formula is C19H14Cl2N2O2. The number of halogens is 2. The third-order valence-corrected chi connectivity index (χ3v) is 4.01. The van der Waals surface area contributed by atoms with Crippen LogP contribution in [0.25, 0.3) is 10.8 Å². The van der Waals surface area contributed by atoms with E-state index in [1.54, 1.807) is 18.2 Å². The summed E-state index contributed by atoms with van der Waals surface area (Å²) >= 11 is 11.8. The van der Waals surface area contributed by atoms with Crippen molar-refractivity contribution in [1.82, 2.24) is 5.43 Å². The number of fused-ring (bicyclic) bond motifs is 1. The van der Waals surface area contributed by atoms with Gasteiger partial charge in [-0.3, -0.25) is 4.79 Å². The van der Waals surface area contributed by atoms with Gasteiger partial charge >= 0.3 is 0 Å². The highest BCUT2D eigenvalue weighted by atomic mass is 35.5. The molecule has 3 aromatic carbocycles. The molecule has 4 nitrogen and oxygen atoms in total. The van der Waals surface area contributed by atoms with Crippen LogP contribution in [0.1, 0.15) is 5.56 Å². The smallest absolute Gasteiger partial charge is 0.277 e. The lowest BCUT2D eigenvalue weighted by Gasteiger charge is -2.06. The molecule has 0 aromatic heterocycles. The van der Waals surface area contributed by atoms with E-state index in [9.17, 15) is 4.79 Å². The summed E-state index contributed by atoms with van der Waals surface area (Å²) in [6, 6.07) is 18.6. The van der Waals surface area contributed by atoms with E-state index in [0.717, 1.165) is 10.8 Å². The quantitative estimate of drug-likeness (QED) is 0.522. The van der Waals surface area contributed by atoms with Gasteiger partial charge in [-0.05, 0) is 35.0 Å². The van der Waals surface area contributed by atoms with Gasteiger partial charge in [-0.15, -0.1) is 0 Å². The number of amides is 1. The average molecular weight is 373 g/mol. The van der Waals surface area contributed by atoms with Gasteiger partial charge in [-0.25, -0.2) is 5.43 Å². The summed E-state index contributed by atoms with van der Waals surface area (Å²) in [6.07, 6.45) is 1.45. The number of nitrogens with one attached hydrogen (secondary N) is 1. The first-order valence-corrected chi connectivity index (χ1v) is 8.26. The zero-order chi connectivity index (χ0) is 17.6. The van der Waals surface area contributed by atoms with Gasteiger partial charge in [-0.1, -0.05) is 59.6 Å². The van der Waals surface area contributed by atoms with Crippen LogP contribution in [0.3, 0.4) is 0 Å². The van der Waals surface area contributed by atoms with E-state index in [1.807, 2.05) is 42.5 Å². The van der Waals surface area contributed by atoms with Crippen molar-refractivity contribution in [3.05, 3.63) is 76.3 Å². The summed E-state index contributed by atoms with van der Waals surface area (Å²) in [5.74, 6) is 0.257. The molecule has 0 radical (unpaired) electrons. The second kappa shape index (κ2) is 8.01. The molecule has 1 amide bonds. The summed E-state index contributed by atoms with van der Waals surface area (Å²) in [7, 11) is 0. The largest absolute Gasteiger partial charge is 0.484 e. The Morgan fingerprint density at radius 3 is 2.64 bits per heavy atom. The Morgan fingerprint density at radius 2 is 1.84 bits per heavy atom. The number of hydrogen-bond donors (Lipinski definition) is 1. The Labute approximate surface area is 155 Å². The summed E-state index contributed by atoms with van der Waals surface area (Å²) in [5, 5.41) is 7.02. The molecule has 0 aliphatic heterocycles. The molecule has 0 fully saturated rings. The molecule has 1 N–H and O–H groups in total. The Morgan fingerprint density at radius 1 is 1.04 bits per heavy atom. The van der Waals surface area contributed by atoms with Crippen molar-refractivity contribution in [2.24, 2.45) is 5.10 Å². The van der Waals surface area contributed by atoms with E-state index in [0.29, 0.717) is 21.4 Å². The van der Waals surface area contributed by atoms with Crippen molar-refractivity contribution < 1.29 is 9.53 Å². The lowest BCUT2D eigenvalue weighted by molar-refractivity contribution is -0.123. The number of carbonyl (C=O) groups excluding carboxylic acids is 1. The number of benzene rings is 3. The van der Waals surface area contributed by atoms with Gasteiger partial charge in [0.15, 0.2) is 6.61 Å². The van der Waals surface area contributed by atoms with Gasteiger partial charge < -0.3 is 4.74 Å². The number of rotatable bonds is 5. The van der Waals surface area contributed by atoms with Gasteiger partial charge in [0.25, 0.3) is 5.91 Å². The number of ether oxygens (including phenoxy) is 1. The van der Waals surface area contributed by atoms with Crippen molar-refractivity contribution in [2.75, 3.05) is 6.61 Å². The van der Waals surface area contributed by atoms with E-state index in [1.165, 1.54) is 6.21 Å². The third kappa shape index (κ3) is 4.72. The molecule has 3 aromatic rings. The lowest BCUT2D eigenvalue weighted by Crippen LogP contribution is -2.24. The minimum absolute atomic E-state index is 0.135. The summed E-state index contributed by atoms with van der Waals surface area (Å²) in [4.78, 5) is 11.8. The molecule has 0 saturated heterocycles. The number of carbonyl (C=O) groups is 1. The Balaban J connectivity index is 1.54. The third-order valence-electron chi connectivity index (χ3n) is 3.45. The molecule has 6 heteroatoms. The standard InChI is InChI=1S/C19H14Cl2N2O2/c20-16-7-5-15(18(21)10-16)11-22-23-19(24)12-25-17-8-6-13-3-1-2-4-14(13)9-17/h1-11H,12H2,(H,23,24)/b22-11-. The van der Waals surface area contributed by atoms with Gasteiger partial charge in [0.05, 0.1) is 11.2 Å². The first kappa shape index (κ1) is 17.3. The first-order chi connectivity index (χ1) is 12.1. The van der Waals surface area contributed by atoms with Crippen LogP contribution < -0.4 is 10.2 Å². The molecule has 0 heterocycles. The van der Waals surface area contributed by atoms with Gasteiger partial charge in [-0.2, -0.15) is 5.10 Å². The minimum Gasteiger partial charge on any atom is -0.484 e. The zero-order valence-electron chi connectivity index (χ0n) is 13.1. The van der Waals surface area contributed by atoms with Crippen molar-refractivity contribution in [3.8, 4) is 5.75 Å². The average Bonchev–Trinajstić information content (AvgIpc) is 2.61. The molecular weight excluding hydrogens is 359 g/mol. The number of hydrazone groups is 1. The highest BCUT2D eigenvalue weighted by Crippen LogP contribution is 2.21. The van der Waals surface area contributed by atoms with Crippen molar-refractivity contribution in [2.45, 2.75) is 0 Å². The summed E-state index contributed by atoms with van der Waals surface area (Å²) < 4.78 is 5.49. The van der Waals surface area contributed by atoms with Crippen molar-refractivity contribution >= 4 is 46.1 Å². The van der Waals surface area contributed by atoms with Gasteiger partial charge in [0.1, 0.15) is 5.75 Å². The van der Waals surface area contributed by atoms with E-state index < -0.39 is 0 Å². The van der Waals surface area contributed by atoms with Gasteiger partial charge in [0, 0.05) is 10.6 Å². The Bertz CT molecular complexity index is 942. The van der Waals surface area contributed by atoms with Crippen molar-refractivity contribution in [1.29, 1.82) is 0 Å². The fraction of sp³-hybridized carbons (Fsp3) is 0.0526. The van der Waals surface area contributed by atoms with E-state index in [-0.39, 0.29) is 12.5 Å². The molecule has 0 spiro atoms. The topological polar surface area (TPSA) is 50.7 Å². The van der Waals surface area contributed by atoms with Crippen LogP contribution in [0.2, 0.25) is 10.0 Å². The van der Waals surface area contributed by atoms with Crippen LogP contribution in [-0.2, 0) is 4.79 Å². The zero-order valence-corrected chi connectivity index (χ0v) is 14.6. The van der Waals surface area contributed by atoms with E-state index in [4.69, 9.17) is 27.9 Å². The summed E-state index contributed by atoms with van der Waals surface area (Å²) in [5.41, 5.74) is 3.05. The SMILES string of the molecule is O=C(COc1ccc2ccccc2c1)N/N=C\c1ccc(Cl)cc1Cl. The van der Waals surface area contributed by atoms with Crippen LogP contribution in [0.15, 0.2) is 65.8 Å². The number of hydrogen-bond acceptors (Lipinski definition) is 3. The maximum absolute atomic E-state index is 11.8. The van der Waals surface area contributed by atoms with Crippen LogP contribution in [-0.4, -0.2) is 18.7 Å². The molecule has 0 unspecified atom stereocenters. The molecule has 0 atom stereocenters. The predicted octanol–water partition coefficient (Wildman–Crippen LogP) is 4.68. The maximum Gasteiger partial charge on any atom is 0.277 e. The van der Waals surface area contributed by atoms with E-state index >= 15 is 0 Å². The first-order valence-electron chi connectivity index (χ1n) is 7.50. The predicted molar refractivity (Wildman–Crippen MR) is 102 cm³/mol. The highest BCUT2D eigenvalue weighted by Gasteiger charge is 2.03. The Kier molecular flexibility index (Phi) is 5.53. The van der Waals surface area contributed by atoms with E-state index in [2.05, 4.69) is 10.5 Å². The molecule has 0 aliphatic carbocycles. The highest BCUT2D eigenvalue weighted by molar-refractivity contribution is 6.36. The second-order valence-electron chi connectivity index (χ2n) is 5.26. The Hall–Kier alpha value is -2.56. The molecule has 25 heavy (non-hydrogen) atoms. The molecule has 0 aliphatic rings. The second-order valence-corrected chi connectivity index (χ2v) is 6.10. The lowest BCUT2D eigenvalue weighted by atomic mass is 10.1. The van der Waals surface area contributed by atoms with Crippen LogP contribution in [0.4, 0.5) is 0 Å². The molecule has 126 valence electrons. The van der Waals surface area contributed by atoms with Gasteiger partial charge in [0.2, 0.25) is 0 Å². The van der Waals surface area contributed by atoms with Crippen LogP contribution in [0, 0.1) is 0 Å². The fourth-order valence-corrected chi connectivity index (χ4v) is 2.68. The fourth-order valence-electron chi connectivity index (χ4n) is 2.22. The molecule has 3 rings (SSSR count). The maximum atomic E-state index is 11.8. The monoisotopic (exact) mass is 372 g/mol. The van der Waals surface area contributed by atoms with Crippen LogP contribution in [0.5, 0.6) is 5.75 Å². The van der Waals surface area contributed by atoms with Crippen LogP contribution >= 0.6 is 23.2 Å². The summed E-state index contributed by atoms with van der Waals surface area (Å²) in [6.45, 7) is -0.135. The molecule has 0 bridgehead atoms. The minimum atomic E-state index is -0.366. The van der Waals surface area contributed by atoms with Crippen molar-refractivity contribution in [3.63, 3.8) is 0 Å². The number of nitrogens with zero attached hydrogens (tertiary/aromatic N) is 1. The normalized spacial score (nSPS) is 11.0.